The molecule has 5 nitrogen and oxygen atoms in total. The second kappa shape index (κ2) is 5.70. The van der Waals surface area contributed by atoms with Crippen molar-refractivity contribution in [3.05, 3.63) is 0 Å². The summed E-state index contributed by atoms with van der Waals surface area (Å²) in [4.78, 5) is 23.4. The van der Waals surface area contributed by atoms with Crippen LogP contribution < -0.4 is 5.32 Å². The molecule has 0 aromatic carbocycles. The Morgan fingerprint density at radius 2 is 1.87 bits per heavy atom. The Morgan fingerprint density at radius 3 is 2.20 bits per heavy atom. The number of hydrogen-bond acceptors (Lipinski definition) is 3. The van der Waals surface area contributed by atoms with Crippen LogP contribution in [0.25, 0.3) is 0 Å². The molecule has 0 aromatic heterocycles. The maximum absolute atomic E-state index is 11.0. The van der Waals surface area contributed by atoms with Gasteiger partial charge in [-0.1, -0.05) is 0 Å². The first kappa shape index (κ1) is 13.9. The third-order valence-electron chi connectivity index (χ3n) is 2.16. The zero-order chi connectivity index (χ0) is 12.1. The zero-order valence-electron chi connectivity index (χ0n) is 9.83. The molecule has 0 spiro atoms. The predicted octanol–water partition coefficient (Wildman–Crippen LogP) is 0.308. The van der Waals surface area contributed by atoms with Crippen LogP contribution in [-0.4, -0.2) is 47.6 Å². The number of carbonyl (C=O) groups is 2. The molecule has 88 valence electrons. The van der Waals surface area contributed by atoms with Crippen molar-refractivity contribution in [1.82, 2.24) is 10.2 Å². The van der Waals surface area contributed by atoms with Crippen LogP contribution in [0.2, 0.25) is 0 Å². The van der Waals surface area contributed by atoms with E-state index in [9.17, 15) is 9.59 Å². The fraction of sp³-hybridized carbons (Fsp3) is 0.800. The lowest BCUT2D eigenvalue weighted by molar-refractivity contribution is -0.140. The van der Waals surface area contributed by atoms with Crippen molar-refractivity contribution in [2.75, 3.05) is 20.1 Å². The molecule has 0 aromatic rings. The van der Waals surface area contributed by atoms with E-state index in [1.165, 1.54) is 0 Å². The smallest absolute Gasteiger partial charge is 0.317 e. The Kier molecular flexibility index (Phi) is 5.28. The van der Waals surface area contributed by atoms with E-state index < -0.39 is 5.97 Å². The van der Waals surface area contributed by atoms with Gasteiger partial charge in [0, 0.05) is 25.6 Å². The van der Waals surface area contributed by atoms with Gasteiger partial charge in [0.1, 0.15) is 0 Å². The fourth-order valence-corrected chi connectivity index (χ4v) is 1.18. The molecule has 5 heteroatoms. The van der Waals surface area contributed by atoms with Gasteiger partial charge in [0.15, 0.2) is 0 Å². The third kappa shape index (κ3) is 6.06. The molecule has 1 amide bonds. The largest absolute Gasteiger partial charge is 0.480 e. The Morgan fingerprint density at radius 1 is 1.33 bits per heavy atom. The van der Waals surface area contributed by atoms with E-state index in [1.54, 1.807) is 11.9 Å². The molecule has 0 radical (unpaired) electrons. The van der Waals surface area contributed by atoms with Crippen LogP contribution in [0.4, 0.5) is 0 Å². The van der Waals surface area contributed by atoms with Gasteiger partial charge < -0.3 is 10.4 Å². The van der Waals surface area contributed by atoms with Gasteiger partial charge in [-0.2, -0.15) is 0 Å². The predicted molar refractivity (Wildman–Crippen MR) is 57.6 cm³/mol. The highest BCUT2D eigenvalue weighted by atomic mass is 16.4. The number of aliphatic carboxylic acids is 1. The summed E-state index contributed by atoms with van der Waals surface area (Å²) < 4.78 is 0. The van der Waals surface area contributed by atoms with Crippen molar-refractivity contribution in [2.24, 2.45) is 0 Å². The Labute approximate surface area is 90.5 Å². The molecular formula is C10H20N2O3. The van der Waals surface area contributed by atoms with Crippen molar-refractivity contribution in [3.8, 4) is 0 Å². The van der Waals surface area contributed by atoms with E-state index in [2.05, 4.69) is 5.32 Å². The lowest BCUT2D eigenvalue weighted by Gasteiger charge is -2.34. The van der Waals surface area contributed by atoms with Crippen LogP contribution in [0.15, 0.2) is 0 Å². The van der Waals surface area contributed by atoms with Gasteiger partial charge >= 0.3 is 5.97 Å². The van der Waals surface area contributed by atoms with Gasteiger partial charge in [0.25, 0.3) is 0 Å². The average molecular weight is 216 g/mol. The van der Waals surface area contributed by atoms with E-state index in [0.717, 1.165) is 0 Å². The molecule has 0 bridgehead atoms. The zero-order valence-corrected chi connectivity index (χ0v) is 9.83. The molecule has 0 heterocycles. The maximum atomic E-state index is 11.0. The average Bonchev–Trinajstić information content (AvgIpc) is 2.09. The highest BCUT2D eigenvalue weighted by Gasteiger charge is 2.23. The van der Waals surface area contributed by atoms with Crippen molar-refractivity contribution in [1.29, 1.82) is 0 Å². The number of nitrogens with one attached hydrogen (secondary N) is 1. The Hall–Kier alpha value is -1.10. The topological polar surface area (TPSA) is 69.6 Å². The summed E-state index contributed by atoms with van der Waals surface area (Å²) in [5.74, 6) is -0.948. The molecule has 2 N–H and O–H groups in total. The van der Waals surface area contributed by atoms with Gasteiger partial charge in [-0.15, -0.1) is 0 Å². The monoisotopic (exact) mass is 216 g/mol. The van der Waals surface area contributed by atoms with E-state index in [-0.39, 0.29) is 18.0 Å². The number of carboxylic acids is 1. The summed E-state index contributed by atoms with van der Waals surface area (Å²) in [7, 11) is 1.57. The van der Waals surface area contributed by atoms with Crippen LogP contribution in [0.1, 0.15) is 27.2 Å². The van der Waals surface area contributed by atoms with Crippen molar-refractivity contribution >= 4 is 11.9 Å². The molecule has 0 saturated heterocycles. The van der Waals surface area contributed by atoms with E-state index in [1.807, 2.05) is 20.8 Å². The van der Waals surface area contributed by atoms with E-state index >= 15 is 0 Å². The SMILES string of the molecule is CNC(=O)CCN(CC(=O)O)C(C)(C)C. The number of nitrogens with zero attached hydrogens (tertiary/aromatic N) is 1. The fourth-order valence-electron chi connectivity index (χ4n) is 1.18. The molecule has 0 fully saturated rings. The second-order valence-electron chi connectivity index (χ2n) is 4.41. The first-order chi connectivity index (χ1) is 6.77. The van der Waals surface area contributed by atoms with Crippen LogP contribution in [0.3, 0.4) is 0 Å². The normalized spacial score (nSPS) is 11.5. The minimum absolute atomic E-state index is 0.0412. The van der Waals surface area contributed by atoms with Crippen LogP contribution in [0.5, 0.6) is 0 Å². The molecular weight excluding hydrogens is 196 g/mol. The molecule has 15 heavy (non-hydrogen) atoms. The molecule has 0 atom stereocenters. The number of hydrogen-bond donors (Lipinski definition) is 2. The summed E-state index contributed by atoms with van der Waals surface area (Å²) in [6, 6.07) is 0. The second-order valence-corrected chi connectivity index (χ2v) is 4.41. The molecule has 0 rings (SSSR count). The molecule has 0 saturated carbocycles. The molecule has 0 unspecified atom stereocenters. The van der Waals surface area contributed by atoms with Crippen LogP contribution in [-0.2, 0) is 9.59 Å². The van der Waals surface area contributed by atoms with Gasteiger partial charge in [-0.05, 0) is 20.8 Å². The Balaban J connectivity index is 4.26. The molecule has 0 aliphatic heterocycles. The number of carbonyl (C=O) groups excluding carboxylic acids is 1. The van der Waals surface area contributed by atoms with E-state index in [4.69, 9.17) is 5.11 Å². The first-order valence-corrected chi connectivity index (χ1v) is 4.95. The standard InChI is InChI=1S/C10H20N2O3/c1-10(2,3)12(7-9(14)15)6-5-8(13)11-4/h5-7H2,1-4H3,(H,11,13)(H,14,15). The number of carboxylic acid groups (broad SMARTS) is 1. The first-order valence-electron chi connectivity index (χ1n) is 4.95. The Bertz CT molecular complexity index is 233. The van der Waals surface area contributed by atoms with Gasteiger partial charge in [-0.3, -0.25) is 14.5 Å². The summed E-state index contributed by atoms with van der Waals surface area (Å²) in [5.41, 5.74) is -0.244. The van der Waals surface area contributed by atoms with Crippen molar-refractivity contribution in [3.63, 3.8) is 0 Å². The van der Waals surface area contributed by atoms with Crippen LogP contribution >= 0.6 is 0 Å². The summed E-state index contributed by atoms with van der Waals surface area (Å²) in [5, 5.41) is 11.2. The highest BCUT2D eigenvalue weighted by molar-refractivity contribution is 5.75. The van der Waals surface area contributed by atoms with Crippen molar-refractivity contribution in [2.45, 2.75) is 32.7 Å². The number of amides is 1. The molecule has 0 aliphatic carbocycles. The quantitative estimate of drug-likeness (QED) is 0.694. The highest BCUT2D eigenvalue weighted by Crippen LogP contribution is 2.12. The molecule has 0 aliphatic rings. The lowest BCUT2D eigenvalue weighted by atomic mass is 10.1. The maximum Gasteiger partial charge on any atom is 0.317 e. The van der Waals surface area contributed by atoms with Crippen molar-refractivity contribution < 1.29 is 14.7 Å². The lowest BCUT2D eigenvalue weighted by Crippen LogP contribution is -2.45. The van der Waals surface area contributed by atoms with Gasteiger partial charge in [-0.25, -0.2) is 0 Å². The van der Waals surface area contributed by atoms with E-state index in [0.29, 0.717) is 13.0 Å². The summed E-state index contributed by atoms with van der Waals surface area (Å²) in [6.07, 6.45) is 0.320. The van der Waals surface area contributed by atoms with Gasteiger partial charge in [0.05, 0.1) is 6.54 Å². The number of rotatable bonds is 5. The summed E-state index contributed by atoms with van der Waals surface area (Å²) in [6.45, 7) is 6.20. The third-order valence-corrected chi connectivity index (χ3v) is 2.16. The van der Waals surface area contributed by atoms with Gasteiger partial charge in [0.2, 0.25) is 5.91 Å². The minimum Gasteiger partial charge on any atom is -0.480 e. The van der Waals surface area contributed by atoms with Crippen LogP contribution in [0, 0.1) is 0 Å². The minimum atomic E-state index is -0.873. The summed E-state index contributed by atoms with van der Waals surface area (Å²) >= 11 is 0.